The van der Waals surface area contributed by atoms with E-state index in [0.29, 0.717) is 42.8 Å². The molecule has 32 heavy (non-hydrogen) atoms. The number of nitrogens with zero attached hydrogens (tertiary/aromatic N) is 1. The lowest BCUT2D eigenvalue weighted by molar-refractivity contribution is -0.126. The predicted molar refractivity (Wildman–Crippen MR) is 117 cm³/mol. The summed E-state index contributed by atoms with van der Waals surface area (Å²) >= 11 is 5.79. The van der Waals surface area contributed by atoms with Crippen molar-refractivity contribution in [3.63, 3.8) is 0 Å². The third-order valence-corrected chi connectivity index (χ3v) is 6.48. The van der Waals surface area contributed by atoms with E-state index in [2.05, 4.69) is 10.6 Å². The largest absolute Gasteiger partial charge is 0.340 e. The van der Waals surface area contributed by atoms with Gasteiger partial charge in [-0.25, -0.2) is 4.39 Å². The first kappa shape index (κ1) is 22.2. The summed E-state index contributed by atoms with van der Waals surface area (Å²) in [6, 6.07) is 3.84. The van der Waals surface area contributed by atoms with Gasteiger partial charge in [-0.2, -0.15) is 0 Å². The topological polar surface area (TPSA) is 97.3 Å². The molecule has 0 unspecified atom stereocenters. The smallest absolute Gasteiger partial charge is 0.293 e. The van der Waals surface area contributed by atoms with Crippen LogP contribution < -0.4 is 10.6 Å². The molecule has 2 aliphatic rings. The molecule has 1 aromatic carbocycles. The second-order valence-electron chi connectivity index (χ2n) is 8.28. The zero-order valence-corrected chi connectivity index (χ0v) is 18.6. The van der Waals surface area contributed by atoms with Gasteiger partial charge in [-0.15, -0.1) is 0 Å². The number of aromatic nitrogens is 1. The number of ketones is 2. The average Bonchev–Trinajstić information content (AvgIpc) is 3.29. The molecular formula is C23H23ClFN3O4. The highest BCUT2D eigenvalue weighted by atomic mass is 35.5. The van der Waals surface area contributed by atoms with Crippen LogP contribution in [0.5, 0.6) is 0 Å². The van der Waals surface area contributed by atoms with Gasteiger partial charge in [-0.3, -0.25) is 19.2 Å². The zero-order valence-electron chi connectivity index (χ0n) is 17.8. The number of hydrogen-bond donors (Lipinski definition) is 2. The molecule has 2 heterocycles. The number of halogens is 2. The van der Waals surface area contributed by atoms with E-state index in [-0.39, 0.29) is 28.5 Å². The molecule has 1 aliphatic heterocycles. The fourth-order valence-electron chi connectivity index (χ4n) is 4.40. The lowest BCUT2D eigenvalue weighted by atomic mass is 10.0. The van der Waals surface area contributed by atoms with Crippen LogP contribution in [0.15, 0.2) is 18.2 Å². The highest BCUT2D eigenvalue weighted by Crippen LogP contribution is 2.37. The Kier molecular flexibility index (Phi) is 5.67. The first-order chi connectivity index (χ1) is 15.2. The highest BCUT2D eigenvalue weighted by Gasteiger charge is 2.50. The number of amides is 2. The van der Waals surface area contributed by atoms with Gasteiger partial charge >= 0.3 is 0 Å². The van der Waals surface area contributed by atoms with Gasteiger partial charge in [0.2, 0.25) is 0 Å². The van der Waals surface area contributed by atoms with Crippen LogP contribution in [0.3, 0.4) is 0 Å². The summed E-state index contributed by atoms with van der Waals surface area (Å²) in [4.78, 5) is 51.0. The number of fused-ring (bicyclic) bond motifs is 1. The minimum absolute atomic E-state index is 0.0875. The van der Waals surface area contributed by atoms with Crippen molar-refractivity contribution < 1.29 is 23.6 Å². The van der Waals surface area contributed by atoms with Crippen LogP contribution in [0.4, 0.5) is 10.1 Å². The predicted octanol–water partition coefficient (Wildman–Crippen LogP) is 3.60. The van der Waals surface area contributed by atoms with Gasteiger partial charge in [-0.1, -0.05) is 18.5 Å². The molecule has 0 spiro atoms. The minimum Gasteiger partial charge on any atom is -0.340 e. The van der Waals surface area contributed by atoms with Gasteiger partial charge in [-0.05, 0) is 56.4 Å². The fourth-order valence-corrected chi connectivity index (χ4v) is 4.58. The lowest BCUT2D eigenvalue weighted by Gasteiger charge is -2.15. The van der Waals surface area contributed by atoms with E-state index in [4.69, 9.17) is 11.6 Å². The highest BCUT2D eigenvalue weighted by molar-refractivity contribution is 6.44. The number of carbonyl (C=O) groups excluding carboxylic acids is 4. The number of nitrogens with one attached hydrogen (secondary N) is 2. The number of hydrogen-bond acceptors (Lipinski definition) is 4. The molecule has 7 nitrogen and oxygen atoms in total. The molecule has 0 atom stereocenters. The molecule has 4 rings (SSSR count). The van der Waals surface area contributed by atoms with Crippen LogP contribution in [-0.2, 0) is 22.6 Å². The third kappa shape index (κ3) is 3.72. The van der Waals surface area contributed by atoms with E-state index >= 15 is 0 Å². The standard InChI is InChI=1S/C23H23ClFN3O4/c1-3-17(29)23(8-9-23)27-22(32)20(30)18-12(2)19(28-10-4-5-16(18)28)21(31)26-13-6-7-15(25)14(24)11-13/h6-7,11H,3-5,8-10H2,1-2H3,(H,26,31)(H,27,32). The molecular weight excluding hydrogens is 437 g/mol. The average molecular weight is 460 g/mol. The second-order valence-corrected chi connectivity index (χ2v) is 8.68. The molecule has 2 aromatic rings. The minimum atomic E-state index is -0.930. The quantitative estimate of drug-likeness (QED) is 0.488. The maximum atomic E-state index is 13.4. The van der Waals surface area contributed by atoms with Gasteiger partial charge in [0.25, 0.3) is 17.6 Å². The SMILES string of the molecule is CCC(=O)C1(NC(=O)C(=O)c2c(C)c(C(=O)Nc3ccc(F)c(Cl)c3)n3c2CCC3)CC1. The second kappa shape index (κ2) is 8.16. The number of Topliss-reactive ketones (excluding diaryl/α,β-unsaturated/α-hetero) is 2. The molecule has 2 N–H and O–H groups in total. The summed E-state index contributed by atoms with van der Waals surface area (Å²) in [7, 11) is 0. The molecule has 0 saturated heterocycles. The summed E-state index contributed by atoms with van der Waals surface area (Å²) in [6.07, 6.45) is 2.63. The van der Waals surface area contributed by atoms with Crippen LogP contribution in [-0.4, -0.2) is 33.5 Å². The molecule has 1 fully saturated rings. The Balaban J connectivity index is 1.62. The summed E-state index contributed by atoms with van der Waals surface area (Å²) in [5.41, 5.74) is 0.907. The molecule has 1 aromatic heterocycles. The van der Waals surface area contributed by atoms with Crippen LogP contribution in [0, 0.1) is 12.7 Å². The van der Waals surface area contributed by atoms with Crippen LogP contribution >= 0.6 is 11.6 Å². The van der Waals surface area contributed by atoms with Crippen molar-refractivity contribution in [1.82, 2.24) is 9.88 Å². The first-order valence-electron chi connectivity index (χ1n) is 10.6. The summed E-state index contributed by atoms with van der Waals surface area (Å²) < 4.78 is 15.2. The Hall–Kier alpha value is -3.00. The van der Waals surface area contributed by atoms with E-state index in [1.54, 1.807) is 18.4 Å². The number of anilines is 1. The van der Waals surface area contributed by atoms with Crippen molar-refractivity contribution in [2.24, 2.45) is 0 Å². The Morgan fingerprint density at radius 2 is 1.94 bits per heavy atom. The van der Waals surface area contributed by atoms with Crippen LogP contribution in [0.1, 0.15) is 64.7 Å². The van der Waals surface area contributed by atoms with Crippen molar-refractivity contribution in [2.75, 3.05) is 5.32 Å². The maximum absolute atomic E-state index is 13.4. The van der Waals surface area contributed by atoms with Crippen molar-refractivity contribution in [2.45, 2.75) is 58.0 Å². The van der Waals surface area contributed by atoms with Gasteiger partial charge in [0.1, 0.15) is 11.5 Å². The van der Waals surface area contributed by atoms with Crippen LogP contribution in [0.2, 0.25) is 5.02 Å². The number of benzene rings is 1. The number of carbonyl (C=O) groups is 4. The zero-order chi connectivity index (χ0) is 23.2. The van der Waals surface area contributed by atoms with Gasteiger partial charge in [0.15, 0.2) is 5.78 Å². The molecule has 0 bridgehead atoms. The monoisotopic (exact) mass is 459 g/mol. The van der Waals surface area contributed by atoms with Crippen molar-refractivity contribution >= 4 is 40.7 Å². The van der Waals surface area contributed by atoms with Crippen LogP contribution in [0.25, 0.3) is 0 Å². The maximum Gasteiger partial charge on any atom is 0.293 e. The molecule has 2 amide bonds. The Morgan fingerprint density at radius 1 is 1.22 bits per heavy atom. The van der Waals surface area contributed by atoms with Crippen molar-refractivity contribution in [3.05, 3.63) is 51.6 Å². The van der Waals surface area contributed by atoms with E-state index in [1.165, 1.54) is 12.1 Å². The Bertz CT molecular complexity index is 1170. The van der Waals surface area contributed by atoms with E-state index in [0.717, 1.165) is 12.5 Å². The van der Waals surface area contributed by atoms with Gasteiger partial charge < -0.3 is 15.2 Å². The molecule has 9 heteroatoms. The van der Waals surface area contributed by atoms with E-state index in [9.17, 15) is 23.6 Å². The Labute approximate surface area is 189 Å². The normalized spacial score (nSPS) is 15.8. The van der Waals surface area contributed by atoms with E-state index < -0.39 is 29.0 Å². The third-order valence-electron chi connectivity index (χ3n) is 6.19. The fraction of sp³-hybridized carbons (Fsp3) is 0.391. The van der Waals surface area contributed by atoms with E-state index in [1.807, 2.05) is 0 Å². The molecule has 1 aliphatic carbocycles. The lowest BCUT2D eigenvalue weighted by Crippen LogP contribution is -2.46. The number of rotatable bonds is 7. The summed E-state index contributed by atoms with van der Waals surface area (Å²) in [5.74, 6) is -2.74. The van der Waals surface area contributed by atoms with Crippen molar-refractivity contribution in [1.29, 1.82) is 0 Å². The van der Waals surface area contributed by atoms with Gasteiger partial charge in [0, 0.05) is 24.3 Å². The molecule has 1 saturated carbocycles. The Morgan fingerprint density at radius 3 is 2.56 bits per heavy atom. The first-order valence-corrected chi connectivity index (χ1v) is 10.9. The molecule has 0 radical (unpaired) electrons. The summed E-state index contributed by atoms with van der Waals surface area (Å²) in [6.45, 7) is 3.89. The van der Waals surface area contributed by atoms with Crippen molar-refractivity contribution in [3.8, 4) is 0 Å². The summed E-state index contributed by atoms with van der Waals surface area (Å²) in [5, 5.41) is 5.19. The van der Waals surface area contributed by atoms with Gasteiger partial charge in [0.05, 0.1) is 16.1 Å². The molecule has 168 valence electrons.